The van der Waals surface area contributed by atoms with E-state index in [1.165, 1.54) is 5.75 Å². The molecule has 4 nitrogen and oxygen atoms in total. The molecule has 1 amide bonds. The topological polar surface area (TPSA) is 36.4 Å². The van der Waals surface area contributed by atoms with Gasteiger partial charge in [-0.1, -0.05) is 11.6 Å². The average Bonchev–Trinajstić information content (AvgIpc) is 2.55. The summed E-state index contributed by atoms with van der Waals surface area (Å²) in [4.78, 5) is 21.0. The van der Waals surface area contributed by atoms with Crippen LogP contribution in [0.5, 0.6) is 0 Å². The summed E-state index contributed by atoms with van der Waals surface area (Å²) in [6, 6.07) is 3.66. The van der Waals surface area contributed by atoms with E-state index in [4.69, 9.17) is 11.6 Å². The molecule has 0 aromatic carbocycles. The first-order valence-corrected chi connectivity index (χ1v) is 9.67. The lowest BCUT2D eigenvalue weighted by Gasteiger charge is -2.37. The predicted octanol–water partition coefficient (Wildman–Crippen LogP) is 2.23. The van der Waals surface area contributed by atoms with Gasteiger partial charge in [-0.05, 0) is 12.1 Å². The molecule has 2 aliphatic rings. The van der Waals surface area contributed by atoms with Crippen molar-refractivity contribution in [2.75, 3.05) is 48.3 Å². The van der Waals surface area contributed by atoms with Crippen LogP contribution >= 0.6 is 35.1 Å². The van der Waals surface area contributed by atoms with Gasteiger partial charge in [0.2, 0.25) is 5.91 Å². The van der Waals surface area contributed by atoms with Gasteiger partial charge in [0, 0.05) is 54.7 Å². The lowest BCUT2D eigenvalue weighted by atomic mass is 10.2. The molecule has 7 heteroatoms. The number of rotatable bonds is 2. The van der Waals surface area contributed by atoms with Gasteiger partial charge in [0.25, 0.3) is 0 Å². The van der Waals surface area contributed by atoms with E-state index in [9.17, 15) is 4.79 Å². The lowest BCUT2D eigenvalue weighted by Crippen LogP contribution is -2.52. The maximum absolute atomic E-state index is 12.5. The molecule has 2 fully saturated rings. The van der Waals surface area contributed by atoms with Crippen LogP contribution in [-0.2, 0) is 4.79 Å². The minimum absolute atomic E-state index is 0.152. The second kappa shape index (κ2) is 7.11. The van der Waals surface area contributed by atoms with Crippen molar-refractivity contribution in [3.63, 3.8) is 0 Å². The zero-order valence-electron chi connectivity index (χ0n) is 11.7. The summed E-state index contributed by atoms with van der Waals surface area (Å²) in [6.45, 7) is 3.19. The molecule has 0 radical (unpaired) electrons. The van der Waals surface area contributed by atoms with Gasteiger partial charge in [-0.25, -0.2) is 4.98 Å². The van der Waals surface area contributed by atoms with Crippen LogP contribution in [0.3, 0.4) is 0 Å². The fourth-order valence-corrected chi connectivity index (χ4v) is 5.34. The van der Waals surface area contributed by atoms with E-state index >= 15 is 0 Å². The first kappa shape index (κ1) is 15.3. The molecule has 0 N–H and O–H groups in total. The molecule has 3 rings (SSSR count). The van der Waals surface area contributed by atoms with Crippen molar-refractivity contribution in [1.29, 1.82) is 0 Å². The highest BCUT2D eigenvalue weighted by Gasteiger charge is 2.29. The minimum atomic E-state index is 0.152. The van der Waals surface area contributed by atoms with Gasteiger partial charge in [-0.3, -0.25) is 4.79 Å². The van der Waals surface area contributed by atoms with Crippen molar-refractivity contribution in [2.45, 2.75) is 5.25 Å². The summed E-state index contributed by atoms with van der Waals surface area (Å²) in [7, 11) is 0. The Morgan fingerprint density at radius 1 is 1.29 bits per heavy atom. The molecule has 1 aromatic heterocycles. The van der Waals surface area contributed by atoms with Crippen molar-refractivity contribution in [1.82, 2.24) is 9.88 Å². The van der Waals surface area contributed by atoms with E-state index in [1.54, 1.807) is 12.3 Å². The third-order valence-corrected chi connectivity index (χ3v) is 6.69. The Hall–Kier alpha value is -0.590. The molecule has 0 spiro atoms. The van der Waals surface area contributed by atoms with E-state index in [-0.39, 0.29) is 5.25 Å². The summed E-state index contributed by atoms with van der Waals surface area (Å²) in [5.74, 6) is 4.43. The number of pyridine rings is 1. The monoisotopic (exact) mass is 343 g/mol. The number of hydrogen-bond donors (Lipinski definition) is 0. The van der Waals surface area contributed by atoms with Crippen molar-refractivity contribution < 1.29 is 4.79 Å². The Morgan fingerprint density at radius 2 is 2.10 bits per heavy atom. The van der Waals surface area contributed by atoms with E-state index in [1.807, 2.05) is 34.5 Å². The fraction of sp³-hybridized carbons (Fsp3) is 0.571. The maximum Gasteiger partial charge on any atom is 0.236 e. The maximum atomic E-state index is 12.5. The average molecular weight is 344 g/mol. The number of piperazine rings is 1. The van der Waals surface area contributed by atoms with Crippen molar-refractivity contribution in [2.24, 2.45) is 0 Å². The van der Waals surface area contributed by atoms with Crippen molar-refractivity contribution >= 4 is 46.8 Å². The summed E-state index contributed by atoms with van der Waals surface area (Å²) in [6.07, 6.45) is 1.73. The van der Waals surface area contributed by atoms with Crippen LogP contribution in [0.4, 0.5) is 5.82 Å². The van der Waals surface area contributed by atoms with Crippen LogP contribution in [-0.4, -0.2) is 64.5 Å². The second-order valence-corrected chi connectivity index (χ2v) is 7.98. The summed E-state index contributed by atoms with van der Waals surface area (Å²) in [5, 5.41) is 0.855. The van der Waals surface area contributed by atoms with Gasteiger partial charge in [-0.15, -0.1) is 11.8 Å². The Balaban J connectivity index is 1.56. The number of carbonyl (C=O) groups is 1. The third-order valence-electron chi connectivity index (χ3n) is 3.71. The van der Waals surface area contributed by atoms with Crippen LogP contribution in [0, 0.1) is 0 Å². The summed E-state index contributed by atoms with van der Waals surface area (Å²) in [5.41, 5.74) is 0. The van der Waals surface area contributed by atoms with Crippen LogP contribution in [0.2, 0.25) is 5.02 Å². The zero-order chi connectivity index (χ0) is 14.7. The number of halogens is 1. The molecule has 0 saturated carbocycles. The number of amides is 1. The van der Waals surface area contributed by atoms with Gasteiger partial charge >= 0.3 is 0 Å². The number of nitrogens with zero attached hydrogens (tertiary/aromatic N) is 3. The number of thioether (sulfide) groups is 2. The smallest absolute Gasteiger partial charge is 0.236 e. The van der Waals surface area contributed by atoms with Gasteiger partial charge < -0.3 is 9.80 Å². The van der Waals surface area contributed by atoms with Gasteiger partial charge in [0.15, 0.2) is 0 Å². The van der Waals surface area contributed by atoms with E-state index in [0.29, 0.717) is 10.9 Å². The molecule has 0 aliphatic carbocycles. The third kappa shape index (κ3) is 3.79. The first-order valence-electron chi connectivity index (χ1n) is 7.09. The molecule has 114 valence electrons. The molecule has 0 bridgehead atoms. The van der Waals surface area contributed by atoms with Crippen LogP contribution in [0.25, 0.3) is 0 Å². The number of anilines is 1. The standard InChI is InChI=1S/C14H18ClN3OS2/c15-11-1-2-16-13(9-11)17-3-5-18(6-4-17)14(19)12-10-20-7-8-21-12/h1-2,9,12H,3-8,10H2. The highest BCUT2D eigenvalue weighted by Crippen LogP contribution is 2.26. The fourth-order valence-electron chi connectivity index (χ4n) is 2.56. The predicted molar refractivity (Wildman–Crippen MR) is 91.6 cm³/mol. The normalized spacial score (nSPS) is 23.2. The first-order chi connectivity index (χ1) is 10.2. The Morgan fingerprint density at radius 3 is 2.76 bits per heavy atom. The highest BCUT2D eigenvalue weighted by molar-refractivity contribution is 8.07. The van der Waals surface area contributed by atoms with Crippen molar-refractivity contribution in [3.05, 3.63) is 23.4 Å². The molecule has 2 aliphatic heterocycles. The molecule has 21 heavy (non-hydrogen) atoms. The van der Waals surface area contributed by atoms with E-state index in [2.05, 4.69) is 9.88 Å². The minimum Gasteiger partial charge on any atom is -0.353 e. The quantitative estimate of drug-likeness (QED) is 0.823. The van der Waals surface area contributed by atoms with Gasteiger partial charge in [0.1, 0.15) is 5.82 Å². The second-order valence-electron chi connectivity index (χ2n) is 5.08. The van der Waals surface area contributed by atoms with E-state index in [0.717, 1.165) is 43.5 Å². The largest absolute Gasteiger partial charge is 0.353 e. The molecule has 1 atom stereocenters. The van der Waals surface area contributed by atoms with Gasteiger partial charge in [-0.2, -0.15) is 11.8 Å². The van der Waals surface area contributed by atoms with Crippen LogP contribution in [0.1, 0.15) is 0 Å². The molecular formula is C14H18ClN3OS2. The SMILES string of the molecule is O=C(C1CSCCS1)N1CCN(c2cc(Cl)ccn2)CC1. The Kier molecular flexibility index (Phi) is 5.19. The molecule has 2 saturated heterocycles. The van der Waals surface area contributed by atoms with E-state index < -0.39 is 0 Å². The number of carbonyl (C=O) groups excluding carboxylic acids is 1. The summed E-state index contributed by atoms with van der Waals surface area (Å²) >= 11 is 9.71. The Bertz CT molecular complexity index is 503. The van der Waals surface area contributed by atoms with Crippen LogP contribution in [0.15, 0.2) is 18.3 Å². The molecule has 1 unspecified atom stereocenters. The van der Waals surface area contributed by atoms with Gasteiger partial charge in [0.05, 0.1) is 5.25 Å². The zero-order valence-corrected chi connectivity index (χ0v) is 14.1. The van der Waals surface area contributed by atoms with Crippen molar-refractivity contribution in [3.8, 4) is 0 Å². The highest BCUT2D eigenvalue weighted by atomic mass is 35.5. The summed E-state index contributed by atoms with van der Waals surface area (Å²) < 4.78 is 0. The number of hydrogen-bond acceptors (Lipinski definition) is 5. The lowest BCUT2D eigenvalue weighted by molar-refractivity contribution is -0.130. The molecule has 1 aromatic rings. The molecular weight excluding hydrogens is 326 g/mol. The molecule has 3 heterocycles. The number of aromatic nitrogens is 1. The Labute approximate surface area is 138 Å². The van der Waals surface area contributed by atoms with Crippen LogP contribution < -0.4 is 4.90 Å².